The number of carbonyl (C=O) groups is 2. The molecule has 6 heteroatoms. The molecule has 0 radical (unpaired) electrons. The Morgan fingerprint density at radius 1 is 1.17 bits per heavy atom. The lowest BCUT2D eigenvalue weighted by Crippen LogP contribution is -2.43. The lowest BCUT2D eigenvalue weighted by Gasteiger charge is -2.32. The van der Waals surface area contributed by atoms with E-state index in [1.165, 1.54) is 0 Å². The molecule has 0 bridgehead atoms. The number of hydrogen-bond acceptors (Lipinski definition) is 4. The van der Waals surface area contributed by atoms with Gasteiger partial charge in [-0.15, -0.1) is 5.10 Å². The lowest BCUT2D eigenvalue weighted by atomic mass is 9.82. The van der Waals surface area contributed by atoms with Crippen LogP contribution in [0.3, 0.4) is 0 Å². The maximum atomic E-state index is 13.5. The highest BCUT2D eigenvalue weighted by Crippen LogP contribution is 2.34. The van der Waals surface area contributed by atoms with Crippen LogP contribution in [0.15, 0.2) is 12.3 Å². The predicted molar refractivity (Wildman–Crippen MR) is 119 cm³/mol. The summed E-state index contributed by atoms with van der Waals surface area (Å²) in [6.45, 7) is 10.6. The minimum atomic E-state index is -0.417. The molecule has 3 rings (SSSR count). The second-order valence-corrected chi connectivity index (χ2v) is 9.37. The third-order valence-electron chi connectivity index (χ3n) is 6.48. The number of allylic oxidation sites excluding steroid dienone is 2. The van der Waals surface area contributed by atoms with Gasteiger partial charge in [0, 0.05) is 23.9 Å². The van der Waals surface area contributed by atoms with Crippen molar-refractivity contribution >= 4 is 23.4 Å². The van der Waals surface area contributed by atoms with Crippen LogP contribution in [-0.2, 0) is 9.53 Å². The first-order valence-corrected chi connectivity index (χ1v) is 11.6. The zero-order valence-corrected chi connectivity index (χ0v) is 19.2. The number of esters is 1. The third kappa shape index (κ3) is 4.96. The van der Waals surface area contributed by atoms with Crippen LogP contribution in [-0.4, -0.2) is 34.3 Å². The summed E-state index contributed by atoms with van der Waals surface area (Å²) >= 11 is 0. The van der Waals surface area contributed by atoms with Crippen molar-refractivity contribution < 1.29 is 14.3 Å². The van der Waals surface area contributed by atoms with Crippen LogP contribution in [0, 0.1) is 17.8 Å². The van der Waals surface area contributed by atoms with Crippen molar-refractivity contribution in [2.75, 3.05) is 11.5 Å². The van der Waals surface area contributed by atoms with Crippen molar-refractivity contribution in [1.82, 2.24) is 9.78 Å². The minimum absolute atomic E-state index is 0.00135. The molecule has 1 fully saturated rings. The summed E-state index contributed by atoms with van der Waals surface area (Å²) in [4.78, 5) is 28.0. The highest BCUT2D eigenvalue weighted by molar-refractivity contribution is 6.02. The monoisotopic (exact) mass is 415 g/mol. The second kappa shape index (κ2) is 9.80. The number of hydrogen-bond donors (Lipinski definition) is 0. The molecule has 0 N–H and O–H groups in total. The van der Waals surface area contributed by atoms with Gasteiger partial charge in [-0.1, -0.05) is 19.9 Å². The van der Waals surface area contributed by atoms with Crippen molar-refractivity contribution in [3.63, 3.8) is 0 Å². The number of nitrogens with zero attached hydrogens (tertiary/aromatic N) is 3. The number of carbonyl (C=O) groups excluding carboxylic acids is 2. The highest BCUT2D eigenvalue weighted by atomic mass is 16.5. The first kappa shape index (κ1) is 22.6. The Kier molecular flexibility index (Phi) is 7.37. The maximum Gasteiger partial charge on any atom is 0.343 e. The summed E-state index contributed by atoms with van der Waals surface area (Å²) in [6.07, 6.45) is 10.9. The molecule has 1 unspecified atom stereocenters. The molecule has 1 atom stereocenters. The standard InChI is InChI=1S/C24H37N3O3/c1-6-30-24(29)21-15-26(20-13-9-18(5)10-14-20)25-22(21)27(16(2)3)23(28)19-11-7-17(4)8-12-19/h13,15-19H,6-12,14H2,1-5H3/t17-,18?,19-. The molecule has 0 saturated heterocycles. The van der Waals surface area contributed by atoms with E-state index >= 15 is 0 Å². The maximum absolute atomic E-state index is 13.5. The topological polar surface area (TPSA) is 64.4 Å². The van der Waals surface area contributed by atoms with Crippen molar-refractivity contribution in [1.29, 1.82) is 0 Å². The minimum Gasteiger partial charge on any atom is -0.462 e. The molecule has 0 spiro atoms. The zero-order valence-electron chi connectivity index (χ0n) is 19.2. The summed E-state index contributed by atoms with van der Waals surface area (Å²) in [7, 11) is 0. The summed E-state index contributed by atoms with van der Waals surface area (Å²) in [5.74, 6) is 1.44. The van der Waals surface area contributed by atoms with E-state index in [0.29, 0.717) is 29.8 Å². The van der Waals surface area contributed by atoms with Crippen LogP contribution in [0.25, 0.3) is 5.70 Å². The van der Waals surface area contributed by atoms with Crippen LogP contribution in [0.2, 0.25) is 0 Å². The normalized spacial score (nSPS) is 24.5. The van der Waals surface area contributed by atoms with Crippen molar-refractivity contribution in [3.05, 3.63) is 17.8 Å². The summed E-state index contributed by atoms with van der Waals surface area (Å²) < 4.78 is 7.10. The van der Waals surface area contributed by atoms with Crippen molar-refractivity contribution in [2.45, 2.75) is 85.6 Å². The molecule has 166 valence electrons. The van der Waals surface area contributed by atoms with Crippen molar-refractivity contribution in [3.8, 4) is 0 Å². The average molecular weight is 416 g/mol. The van der Waals surface area contributed by atoms with E-state index in [1.54, 1.807) is 22.7 Å². The second-order valence-electron chi connectivity index (χ2n) is 9.37. The largest absolute Gasteiger partial charge is 0.462 e. The van der Waals surface area contributed by atoms with E-state index in [2.05, 4.69) is 19.9 Å². The molecule has 1 saturated carbocycles. The van der Waals surface area contributed by atoms with Gasteiger partial charge in [-0.05, 0) is 77.6 Å². The average Bonchev–Trinajstić information content (AvgIpc) is 3.14. The molecular weight excluding hydrogens is 378 g/mol. The highest BCUT2D eigenvalue weighted by Gasteiger charge is 2.34. The Labute approximate surface area is 180 Å². The Morgan fingerprint density at radius 3 is 2.43 bits per heavy atom. The van der Waals surface area contributed by atoms with Crippen LogP contribution in [0.4, 0.5) is 5.82 Å². The molecule has 1 aromatic heterocycles. The third-order valence-corrected chi connectivity index (χ3v) is 6.48. The number of anilines is 1. The van der Waals surface area contributed by atoms with Crippen LogP contribution in [0.5, 0.6) is 0 Å². The number of amides is 1. The molecule has 2 aliphatic rings. The summed E-state index contributed by atoms with van der Waals surface area (Å²) in [5.41, 5.74) is 1.47. The molecule has 30 heavy (non-hydrogen) atoms. The van der Waals surface area contributed by atoms with Crippen molar-refractivity contribution in [2.24, 2.45) is 17.8 Å². The summed E-state index contributed by atoms with van der Waals surface area (Å²) in [6, 6.07) is -0.0891. The van der Waals surface area contributed by atoms with Gasteiger partial charge in [0.25, 0.3) is 0 Å². The Morgan fingerprint density at radius 2 is 1.87 bits per heavy atom. The first-order valence-electron chi connectivity index (χ1n) is 11.6. The Balaban J connectivity index is 1.97. The quantitative estimate of drug-likeness (QED) is 0.592. The fourth-order valence-corrected chi connectivity index (χ4v) is 4.51. The Bertz CT molecular complexity index is 788. The van der Waals surface area contributed by atoms with Gasteiger partial charge in [0.15, 0.2) is 5.82 Å². The lowest BCUT2D eigenvalue weighted by molar-refractivity contribution is -0.123. The van der Waals surface area contributed by atoms with Crippen LogP contribution in [0.1, 0.15) is 89.9 Å². The van der Waals surface area contributed by atoms with E-state index in [1.807, 2.05) is 13.8 Å². The SMILES string of the molecule is CCOC(=O)c1cn(C2=CCC(C)CC2)nc1N(C(=O)[C@H]1CC[C@H](C)CC1)C(C)C. The Hall–Kier alpha value is -2.11. The number of ether oxygens (including phenoxy) is 1. The van der Waals surface area contributed by atoms with Gasteiger partial charge in [-0.25, -0.2) is 9.48 Å². The molecular formula is C24H37N3O3. The van der Waals surface area contributed by atoms with Crippen LogP contribution < -0.4 is 4.90 Å². The van der Waals surface area contributed by atoms with E-state index in [9.17, 15) is 9.59 Å². The molecule has 0 aliphatic heterocycles. The molecule has 1 amide bonds. The van der Waals surface area contributed by atoms with Gasteiger partial charge in [-0.3, -0.25) is 9.69 Å². The van der Waals surface area contributed by atoms with Gasteiger partial charge >= 0.3 is 5.97 Å². The molecule has 2 aliphatic carbocycles. The van der Waals surface area contributed by atoms with Gasteiger partial charge in [0.05, 0.1) is 6.61 Å². The molecule has 6 nitrogen and oxygen atoms in total. The van der Waals surface area contributed by atoms with Crippen LogP contribution >= 0.6 is 0 Å². The fraction of sp³-hybridized carbons (Fsp3) is 0.708. The summed E-state index contributed by atoms with van der Waals surface area (Å²) in [5, 5.41) is 4.77. The fourth-order valence-electron chi connectivity index (χ4n) is 4.51. The van der Waals surface area contributed by atoms with Gasteiger partial charge in [-0.2, -0.15) is 0 Å². The van der Waals surface area contributed by atoms with E-state index in [4.69, 9.17) is 9.84 Å². The zero-order chi connectivity index (χ0) is 21.8. The molecule has 1 heterocycles. The number of aromatic nitrogens is 2. The van der Waals surface area contributed by atoms with Gasteiger partial charge in [0.1, 0.15) is 5.56 Å². The number of rotatable bonds is 6. The van der Waals surface area contributed by atoms with E-state index in [-0.39, 0.29) is 17.9 Å². The predicted octanol–water partition coefficient (Wildman–Crippen LogP) is 5.29. The van der Waals surface area contributed by atoms with Gasteiger partial charge in [0.2, 0.25) is 5.91 Å². The first-order chi connectivity index (χ1) is 14.3. The smallest absolute Gasteiger partial charge is 0.343 e. The van der Waals surface area contributed by atoms with E-state index in [0.717, 1.165) is 50.6 Å². The van der Waals surface area contributed by atoms with E-state index < -0.39 is 5.97 Å². The van der Waals surface area contributed by atoms with Gasteiger partial charge < -0.3 is 4.74 Å². The molecule has 0 aromatic carbocycles. The molecule has 1 aromatic rings.